The molecular weight excluding hydrogens is 520 g/mol. The van der Waals surface area contributed by atoms with Crippen LogP contribution in [-0.2, 0) is 15.8 Å². The molecule has 1 unspecified atom stereocenters. The molecule has 3 rings (SSSR count). The zero-order valence-corrected chi connectivity index (χ0v) is 26.9. The summed E-state index contributed by atoms with van der Waals surface area (Å²) in [6.07, 6.45) is 17.1. The lowest BCUT2D eigenvalue weighted by Gasteiger charge is -2.19. The van der Waals surface area contributed by atoms with Crippen LogP contribution in [0.2, 0.25) is 0 Å². The normalized spacial score (nSPS) is 12.1. The Morgan fingerprint density at radius 2 is 1.15 bits per heavy atom. The molecule has 4 heteroatoms. The summed E-state index contributed by atoms with van der Waals surface area (Å²) in [6.45, 7) is 4.67. The largest absolute Gasteiger partial charge is 0.497 e. The number of hydrogen-bond donors (Lipinski definition) is 0. The molecule has 0 N–H and O–H groups in total. The molecule has 1 atom stereocenters. The third-order valence-corrected chi connectivity index (χ3v) is 10.6. The fraction of sp³-hybridized carbons (Fsp3) is 0.514. The summed E-state index contributed by atoms with van der Waals surface area (Å²) < 4.78 is 18.0. The van der Waals surface area contributed by atoms with E-state index in [0.717, 1.165) is 31.3 Å². The number of ether oxygens (including phenoxy) is 2. The Morgan fingerprint density at radius 1 is 0.585 bits per heavy atom. The number of hydrogen-bond acceptors (Lipinski definition) is 3. The monoisotopic (exact) mass is 574 g/mol. The second-order valence-corrected chi connectivity index (χ2v) is 13.8. The van der Waals surface area contributed by atoms with Crippen molar-refractivity contribution in [1.82, 2.24) is 0 Å². The average molecular weight is 575 g/mol. The van der Waals surface area contributed by atoms with E-state index in [9.17, 15) is 0 Å². The minimum Gasteiger partial charge on any atom is -0.497 e. The van der Waals surface area contributed by atoms with E-state index in [1.54, 1.807) is 7.11 Å². The number of unbranched alkanes of at least 4 members (excludes halogenated alkanes) is 8. The summed E-state index contributed by atoms with van der Waals surface area (Å²) in [7, 11) is 0.0804. The quantitative estimate of drug-likeness (QED) is 0.0840. The molecule has 0 heterocycles. The number of rotatable bonds is 23. The van der Waals surface area contributed by atoms with Gasteiger partial charge < -0.3 is 13.9 Å². The lowest BCUT2D eigenvalue weighted by atomic mass is 9.92. The van der Waals surface area contributed by atoms with Gasteiger partial charge in [-0.05, 0) is 46.8 Å². The molecule has 224 valence electrons. The van der Waals surface area contributed by atoms with Gasteiger partial charge in [-0.2, -0.15) is 0 Å². The van der Waals surface area contributed by atoms with Crippen LogP contribution < -0.4 is 15.1 Å². The van der Waals surface area contributed by atoms with Gasteiger partial charge in [-0.15, -0.1) is 0 Å². The van der Waals surface area contributed by atoms with Crippen LogP contribution in [0.3, 0.4) is 0 Å². The molecule has 0 aromatic heterocycles. The molecule has 0 aliphatic carbocycles. The van der Waals surface area contributed by atoms with Crippen LogP contribution in [0.5, 0.6) is 5.75 Å². The van der Waals surface area contributed by atoms with Crippen LogP contribution in [0.1, 0.15) is 96.0 Å². The van der Waals surface area contributed by atoms with Gasteiger partial charge in [0.2, 0.25) is 9.04 Å². The molecule has 0 bridgehead atoms. The summed E-state index contributed by atoms with van der Waals surface area (Å²) in [4.78, 5) is 0. The van der Waals surface area contributed by atoms with Crippen molar-refractivity contribution in [2.75, 3.05) is 20.3 Å². The van der Waals surface area contributed by atoms with Crippen molar-refractivity contribution < 1.29 is 13.9 Å². The van der Waals surface area contributed by atoms with E-state index in [1.807, 2.05) is 12.1 Å². The highest BCUT2D eigenvalue weighted by molar-refractivity contribution is 6.80. The number of benzene rings is 3. The van der Waals surface area contributed by atoms with Crippen molar-refractivity contribution in [2.45, 2.75) is 97.0 Å². The second-order valence-electron chi connectivity index (χ2n) is 11.4. The van der Waals surface area contributed by atoms with E-state index in [4.69, 9.17) is 13.9 Å². The summed E-state index contributed by atoms with van der Waals surface area (Å²) in [5.41, 5.74) is 1.21. The third-order valence-electron chi connectivity index (χ3n) is 8.06. The highest BCUT2D eigenvalue weighted by Gasteiger charge is 2.17. The van der Waals surface area contributed by atoms with Crippen LogP contribution in [0.25, 0.3) is 0 Å². The van der Waals surface area contributed by atoms with Crippen molar-refractivity contribution in [3.63, 3.8) is 0 Å². The van der Waals surface area contributed by atoms with Crippen LogP contribution in [0, 0.1) is 5.92 Å². The van der Waals surface area contributed by atoms with E-state index in [1.165, 1.54) is 93.0 Å². The van der Waals surface area contributed by atoms with Crippen molar-refractivity contribution in [3.05, 3.63) is 90.5 Å². The van der Waals surface area contributed by atoms with Gasteiger partial charge in [0.25, 0.3) is 0 Å². The smallest absolute Gasteiger partial charge is 0.239 e. The first-order chi connectivity index (χ1) is 20.3. The molecule has 0 fully saturated rings. The average Bonchev–Trinajstić information content (AvgIpc) is 3.03. The summed E-state index contributed by atoms with van der Waals surface area (Å²) in [5.74, 6) is 1.66. The van der Waals surface area contributed by atoms with E-state index in [2.05, 4.69) is 79.7 Å². The van der Waals surface area contributed by atoms with Gasteiger partial charge in [0.15, 0.2) is 0 Å². The predicted octanol–water partition coefficient (Wildman–Crippen LogP) is 8.47. The second kappa shape index (κ2) is 21.3. The van der Waals surface area contributed by atoms with Gasteiger partial charge in [-0.25, -0.2) is 0 Å². The molecule has 0 radical (unpaired) electrons. The zero-order valence-electron chi connectivity index (χ0n) is 25.8. The maximum atomic E-state index is 6.59. The van der Waals surface area contributed by atoms with Gasteiger partial charge in [-0.1, -0.05) is 150 Å². The Labute approximate surface area is 252 Å². The molecule has 3 aromatic rings. The Hall–Kier alpha value is -2.40. The van der Waals surface area contributed by atoms with Gasteiger partial charge in [0, 0.05) is 13.2 Å². The molecule has 0 saturated carbocycles. The minimum atomic E-state index is -1.63. The Morgan fingerprint density at radius 3 is 1.73 bits per heavy atom. The minimum absolute atomic E-state index is 0.680. The molecule has 3 aromatic carbocycles. The summed E-state index contributed by atoms with van der Waals surface area (Å²) in [6, 6.07) is 29.9. The molecule has 0 aliphatic heterocycles. The van der Waals surface area contributed by atoms with Gasteiger partial charge in [-0.3, -0.25) is 0 Å². The van der Waals surface area contributed by atoms with Crippen molar-refractivity contribution in [1.29, 1.82) is 0 Å². The maximum absolute atomic E-state index is 6.59. The molecular formula is C37H54O3Si. The Balaban J connectivity index is 1.38. The Bertz CT molecular complexity index is 970. The first-order valence-corrected chi connectivity index (χ1v) is 17.8. The van der Waals surface area contributed by atoms with Crippen molar-refractivity contribution >= 4 is 19.4 Å². The van der Waals surface area contributed by atoms with Crippen LogP contribution in [-0.4, -0.2) is 29.4 Å². The SMILES string of the molecule is CCCCCCCCCC(CCCCCO[SiH](c1ccccc1)c1ccccc1)CCOCc1ccc(OC)cc1. The molecule has 41 heavy (non-hydrogen) atoms. The maximum Gasteiger partial charge on any atom is 0.239 e. The first kappa shape index (κ1) is 33.1. The predicted molar refractivity (Wildman–Crippen MR) is 177 cm³/mol. The van der Waals surface area contributed by atoms with Crippen molar-refractivity contribution in [3.8, 4) is 5.75 Å². The van der Waals surface area contributed by atoms with E-state index >= 15 is 0 Å². The van der Waals surface area contributed by atoms with E-state index in [0.29, 0.717) is 6.61 Å². The highest BCUT2D eigenvalue weighted by atomic mass is 28.3. The summed E-state index contributed by atoms with van der Waals surface area (Å²) >= 11 is 0. The molecule has 0 aliphatic rings. The molecule has 0 saturated heterocycles. The lowest BCUT2D eigenvalue weighted by molar-refractivity contribution is 0.104. The third kappa shape index (κ3) is 13.9. The highest BCUT2D eigenvalue weighted by Crippen LogP contribution is 2.22. The number of methoxy groups -OCH3 is 1. The molecule has 0 amide bonds. The fourth-order valence-electron chi connectivity index (χ4n) is 5.54. The standard InChI is InChI=1S/C37H54O3Si/c1-3-4-5-6-7-8-12-19-33(29-31-39-32-34-25-27-35(38-2)28-26-34)20-13-11-18-30-40-41(36-21-14-9-15-22-36)37-23-16-10-17-24-37/h9-10,14-17,21-28,33,41H,3-8,11-13,18-20,29-32H2,1-2H3. The lowest BCUT2D eigenvalue weighted by Crippen LogP contribution is -2.45. The van der Waals surface area contributed by atoms with Crippen molar-refractivity contribution in [2.24, 2.45) is 5.92 Å². The molecule has 0 spiro atoms. The van der Waals surface area contributed by atoms with Gasteiger partial charge in [0.05, 0.1) is 13.7 Å². The first-order valence-electron chi connectivity index (χ1n) is 16.2. The topological polar surface area (TPSA) is 27.7 Å². The van der Waals surface area contributed by atoms with Crippen LogP contribution in [0.15, 0.2) is 84.9 Å². The van der Waals surface area contributed by atoms with E-state index < -0.39 is 9.04 Å². The zero-order chi connectivity index (χ0) is 28.8. The Kier molecular flexibility index (Phi) is 17.2. The van der Waals surface area contributed by atoms with Crippen LogP contribution in [0.4, 0.5) is 0 Å². The van der Waals surface area contributed by atoms with Gasteiger partial charge >= 0.3 is 0 Å². The fourth-order valence-corrected chi connectivity index (χ4v) is 7.85. The van der Waals surface area contributed by atoms with Gasteiger partial charge in [0.1, 0.15) is 5.75 Å². The molecule has 3 nitrogen and oxygen atoms in total. The summed E-state index contributed by atoms with van der Waals surface area (Å²) in [5, 5.41) is 2.73. The van der Waals surface area contributed by atoms with E-state index in [-0.39, 0.29) is 0 Å². The van der Waals surface area contributed by atoms with Crippen LogP contribution >= 0.6 is 0 Å².